The van der Waals surface area contributed by atoms with Gasteiger partial charge in [-0.05, 0) is 77.8 Å². The topological polar surface area (TPSA) is 12.5 Å². The molecule has 2 heterocycles. The molecule has 35 heavy (non-hydrogen) atoms. The van der Waals surface area contributed by atoms with E-state index in [0.717, 1.165) is 17.2 Å². The smallest absolute Gasteiger partial charge is 0.256 e. The van der Waals surface area contributed by atoms with Gasteiger partial charge in [0.1, 0.15) is 11.5 Å². The van der Waals surface area contributed by atoms with Crippen LogP contribution in [-0.4, -0.2) is 6.71 Å². The zero-order chi connectivity index (χ0) is 23.5. The van der Waals surface area contributed by atoms with Crippen LogP contribution in [0.1, 0.15) is 11.1 Å². The molecule has 0 spiro atoms. The summed E-state index contributed by atoms with van der Waals surface area (Å²) in [7, 11) is 0. The number of hydrogen-bond acceptors (Lipinski definition) is 2. The minimum Gasteiger partial charge on any atom is -0.458 e. The highest BCUT2D eigenvalue weighted by molar-refractivity contribution is 6.99. The minimum absolute atomic E-state index is 0.131. The van der Waals surface area contributed by atoms with Crippen LogP contribution in [0, 0.1) is 13.8 Å². The summed E-state index contributed by atoms with van der Waals surface area (Å²) in [6.07, 6.45) is 0. The van der Waals surface area contributed by atoms with Crippen molar-refractivity contribution < 1.29 is 4.74 Å². The summed E-state index contributed by atoms with van der Waals surface area (Å²) in [5.41, 5.74) is 12.3. The van der Waals surface area contributed by atoms with E-state index >= 15 is 0 Å². The lowest BCUT2D eigenvalue weighted by Crippen LogP contribution is -2.59. The number of hydrogen-bond donors (Lipinski definition) is 0. The molecule has 0 saturated heterocycles. The predicted octanol–water partition coefficient (Wildman–Crippen LogP) is 6.38. The van der Waals surface area contributed by atoms with Crippen molar-refractivity contribution >= 4 is 40.2 Å². The number of anilines is 3. The number of aryl methyl sites for hydroxylation is 2. The van der Waals surface area contributed by atoms with Crippen LogP contribution in [0.2, 0.25) is 0 Å². The first-order chi connectivity index (χ1) is 17.2. The fraction of sp³-hybridized carbons (Fsp3) is 0.0625. The van der Waals surface area contributed by atoms with Gasteiger partial charge in [-0.25, -0.2) is 0 Å². The van der Waals surface area contributed by atoms with Crippen molar-refractivity contribution in [1.82, 2.24) is 0 Å². The lowest BCUT2D eigenvalue weighted by molar-refractivity contribution is 0.488. The standard InChI is InChI=1S/C32H24BNO/c1-21-11-15-25(16-12-21)34-28-18-13-22(2)19-27(28)33-26-17-14-24(23-7-4-3-5-8-23)20-31(26)35-30-10-6-9-29(34)32(30)33/h3-20H,1-2H3. The highest BCUT2D eigenvalue weighted by atomic mass is 16.5. The average molecular weight is 449 g/mol. The second-order valence-corrected chi connectivity index (χ2v) is 9.58. The van der Waals surface area contributed by atoms with Gasteiger partial charge in [0.25, 0.3) is 6.71 Å². The van der Waals surface area contributed by atoms with Crippen LogP contribution in [0.15, 0.2) is 109 Å². The van der Waals surface area contributed by atoms with Crippen LogP contribution >= 0.6 is 0 Å². The predicted molar refractivity (Wildman–Crippen MR) is 147 cm³/mol. The summed E-state index contributed by atoms with van der Waals surface area (Å²) in [5.74, 6) is 1.88. The lowest BCUT2D eigenvalue weighted by atomic mass is 9.34. The molecule has 0 bridgehead atoms. The fourth-order valence-electron chi connectivity index (χ4n) is 5.59. The fourth-order valence-corrected chi connectivity index (χ4v) is 5.59. The van der Waals surface area contributed by atoms with Crippen LogP contribution < -0.4 is 26.0 Å². The molecule has 2 aliphatic heterocycles. The quantitative estimate of drug-likeness (QED) is 0.284. The van der Waals surface area contributed by atoms with Crippen molar-refractivity contribution in [3.05, 3.63) is 120 Å². The summed E-state index contributed by atoms with van der Waals surface area (Å²) in [5, 5.41) is 0. The van der Waals surface area contributed by atoms with Crippen LogP contribution in [0.3, 0.4) is 0 Å². The number of nitrogens with zero attached hydrogens (tertiary/aromatic N) is 1. The van der Waals surface area contributed by atoms with Crippen molar-refractivity contribution in [2.24, 2.45) is 0 Å². The molecule has 0 aliphatic carbocycles. The van der Waals surface area contributed by atoms with E-state index < -0.39 is 0 Å². The molecule has 0 amide bonds. The molecule has 0 saturated carbocycles. The maximum atomic E-state index is 6.61. The summed E-state index contributed by atoms with van der Waals surface area (Å²) in [6, 6.07) is 39.3. The molecule has 166 valence electrons. The van der Waals surface area contributed by atoms with E-state index in [4.69, 9.17) is 4.74 Å². The molecule has 0 aromatic heterocycles. The normalized spacial score (nSPS) is 13.0. The molecule has 0 N–H and O–H groups in total. The second kappa shape index (κ2) is 7.64. The van der Waals surface area contributed by atoms with Crippen molar-refractivity contribution in [3.63, 3.8) is 0 Å². The SMILES string of the molecule is Cc1ccc(N2c3ccc(C)cc3B3c4ccc(-c5ccccc5)cc4Oc4cccc2c43)cc1. The Bertz CT molecular complexity index is 1590. The number of rotatable bonds is 2. The van der Waals surface area contributed by atoms with Crippen molar-refractivity contribution in [2.45, 2.75) is 13.8 Å². The van der Waals surface area contributed by atoms with E-state index in [-0.39, 0.29) is 6.71 Å². The van der Waals surface area contributed by atoms with E-state index in [1.165, 1.54) is 50.0 Å². The molecule has 7 rings (SSSR count). The van der Waals surface area contributed by atoms with Gasteiger partial charge in [0, 0.05) is 17.1 Å². The zero-order valence-corrected chi connectivity index (χ0v) is 19.8. The van der Waals surface area contributed by atoms with Gasteiger partial charge in [-0.15, -0.1) is 0 Å². The molecule has 5 aromatic carbocycles. The van der Waals surface area contributed by atoms with Gasteiger partial charge >= 0.3 is 0 Å². The van der Waals surface area contributed by atoms with Gasteiger partial charge < -0.3 is 9.64 Å². The van der Waals surface area contributed by atoms with Crippen LogP contribution in [-0.2, 0) is 0 Å². The number of benzene rings is 5. The van der Waals surface area contributed by atoms with Crippen LogP contribution in [0.4, 0.5) is 17.1 Å². The molecule has 0 unspecified atom stereocenters. The number of fused-ring (bicyclic) bond motifs is 4. The van der Waals surface area contributed by atoms with Gasteiger partial charge in [-0.1, -0.05) is 83.9 Å². The van der Waals surface area contributed by atoms with E-state index in [9.17, 15) is 0 Å². The molecule has 2 aliphatic rings. The Hall–Kier alpha value is -4.24. The summed E-state index contributed by atoms with van der Waals surface area (Å²) in [4.78, 5) is 2.39. The average Bonchev–Trinajstić information content (AvgIpc) is 2.89. The molecular formula is C32H24BNO. The Kier molecular flexibility index (Phi) is 4.40. The zero-order valence-electron chi connectivity index (χ0n) is 19.8. The maximum Gasteiger partial charge on any atom is 0.256 e. The van der Waals surface area contributed by atoms with E-state index in [2.05, 4.69) is 128 Å². The monoisotopic (exact) mass is 449 g/mol. The third-order valence-corrected chi connectivity index (χ3v) is 7.25. The lowest BCUT2D eigenvalue weighted by Gasteiger charge is -2.40. The Labute approximate surface area is 206 Å². The molecule has 0 radical (unpaired) electrons. The van der Waals surface area contributed by atoms with Crippen LogP contribution in [0.25, 0.3) is 11.1 Å². The van der Waals surface area contributed by atoms with Gasteiger partial charge in [0.05, 0.1) is 0 Å². The highest BCUT2D eigenvalue weighted by Gasteiger charge is 2.41. The summed E-state index contributed by atoms with van der Waals surface area (Å²) in [6.45, 7) is 4.44. The van der Waals surface area contributed by atoms with Crippen molar-refractivity contribution in [3.8, 4) is 22.6 Å². The Morgan fingerprint density at radius 2 is 1.37 bits per heavy atom. The number of ether oxygens (including phenoxy) is 1. The molecule has 0 fully saturated rings. The second-order valence-electron chi connectivity index (χ2n) is 9.58. The van der Waals surface area contributed by atoms with Gasteiger partial charge in [0.15, 0.2) is 0 Å². The van der Waals surface area contributed by atoms with Crippen molar-refractivity contribution in [2.75, 3.05) is 4.90 Å². The van der Waals surface area contributed by atoms with Crippen LogP contribution in [0.5, 0.6) is 11.5 Å². The third kappa shape index (κ3) is 3.12. The Morgan fingerprint density at radius 1 is 0.571 bits per heavy atom. The first-order valence-corrected chi connectivity index (χ1v) is 12.1. The minimum atomic E-state index is 0.131. The third-order valence-electron chi connectivity index (χ3n) is 7.25. The molecule has 2 nitrogen and oxygen atoms in total. The van der Waals surface area contributed by atoms with Gasteiger partial charge in [-0.3, -0.25) is 0 Å². The molecule has 0 atom stereocenters. The highest BCUT2D eigenvalue weighted by Crippen LogP contribution is 2.41. The first-order valence-electron chi connectivity index (χ1n) is 12.1. The first kappa shape index (κ1) is 20.2. The Morgan fingerprint density at radius 3 is 2.20 bits per heavy atom. The van der Waals surface area contributed by atoms with Gasteiger partial charge in [-0.2, -0.15) is 0 Å². The van der Waals surface area contributed by atoms with E-state index in [1.807, 2.05) is 0 Å². The summed E-state index contributed by atoms with van der Waals surface area (Å²) < 4.78 is 6.61. The van der Waals surface area contributed by atoms with Gasteiger partial charge in [0.2, 0.25) is 0 Å². The Balaban J connectivity index is 1.47. The van der Waals surface area contributed by atoms with E-state index in [1.54, 1.807) is 0 Å². The van der Waals surface area contributed by atoms with Crippen molar-refractivity contribution in [1.29, 1.82) is 0 Å². The van der Waals surface area contributed by atoms with E-state index in [0.29, 0.717) is 0 Å². The summed E-state index contributed by atoms with van der Waals surface area (Å²) >= 11 is 0. The molecule has 3 heteroatoms. The molecular weight excluding hydrogens is 425 g/mol. The largest absolute Gasteiger partial charge is 0.458 e. The maximum absolute atomic E-state index is 6.61. The molecule has 5 aromatic rings.